The molecule has 0 fully saturated rings. The van der Waals surface area contributed by atoms with Crippen molar-refractivity contribution >= 4 is 5.97 Å². The number of hydrogen-bond donors (Lipinski definition) is 1. The summed E-state index contributed by atoms with van der Waals surface area (Å²) in [7, 11) is 0. The Kier molecular flexibility index (Phi) is 6.40. The summed E-state index contributed by atoms with van der Waals surface area (Å²) in [4.78, 5) is 11.3. The fraction of sp³-hybridized carbons (Fsp3) is 0.562. The third kappa shape index (κ3) is 3.98. The molecule has 1 N–H and O–H groups in total. The molecule has 106 valence electrons. The molecule has 1 aromatic carbocycles. The Balaban J connectivity index is 3.20. The molecular weight excluding hydrogens is 240 g/mol. The summed E-state index contributed by atoms with van der Waals surface area (Å²) in [6.45, 7) is 6.86. The Hall–Kier alpha value is -1.51. The van der Waals surface area contributed by atoms with Crippen molar-refractivity contribution in [3.05, 3.63) is 29.3 Å². The highest BCUT2D eigenvalue weighted by Crippen LogP contribution is 2.35. The van der Waals surface area contributed by atoms with Crippen molar-refractivity contribution in [2.45, 2.75) is 52.4 Å². The van der Waals surface area contributed by atoms with Crippen molar-refractivity contribution in [3.63, 3.8) is 0 Å². The van der Waals surface area contributed by atoms with Crippen LogP contribution in [0.1, 0.15) is 68.3 Å². The van der Waals surface area contributed by atoms with Gasteiger partial charge < -0.3 is 9.84 Å². The largest absolute Gasteiger partial charge is 0.492 e. The molecule has 3 heteroatoms. The van der Waals surface area contributed by atoms with E-state index >= 15 is 0 Å². The summed E-state index contributed by atoms with van der Waals surface area (Å²) in [5.74, 6) is 0.0209. The zero-order valence-electron chi connectivity index (χ0n) is 12.1. The summed E-state index contributed by atoms with van der Waals surface area (Å²) >= 11 is 0. The molecule has 19 heavy (non-hydrogen) atoms. The predicted octanol–water partition coefficient (Wildman–Crippen LogP) is 4.47. The number of carboxylic acids is 1. The lowest BCUT2D eigenvalue weighted by molar-refractivity contribution is 0.0692. The molecule has 1 rings (SSSR count). The van der Waals surface area contributed by atoms with Crippen LogP contribution >= 0.6 is 0 Å². The number of rotatable bonds is 8. The minimum Gasteiger partial charge on any atom is -0.492 e. The van der Waals surface area contributed by atoms with Gasteiger partial charge in [0.2, 0.25) is 0 Å². The number of hydrogen-bond acceptors (Lipinski definition) is 2. The Morgan fingerprint density at radius 2 is 2.00 bits per heavy atom. The molecule has 0 spiro atoms. The van der Waals surface area contributed by atoms with Gasteiger partial charge in [0.25, 0.3) is 0 Å². The number of carbonyl (C=O) groups is 1. The summed E-state index contributed by atoms with van der Waals surface area (Å²) in [6.07, 6.45) is 4.02. The first-order valence-corrected chi connectivity index (χ1v) is 7.14. The fourth-order valence-corrected chi connectivity index (χ4v) is 2.34. The Bertz CT molecular complexity index is 412. The summed E-state index contributed by atoms with van der Waals surface area (Å²) in [5.41, 5.74) is 1.32. The van der Waals surface area contributed by atoms with E-state index in [1.54, 1.807) is 6.07 Å². The van der Waals surface area contributed by atoms with Gasteiger partial charge in [0.1, 0.15) is 11.3 Å². The van der Waals surface area contributed by atoms with Crippen LogP contribution in [0, 0.1) is 0 Å². The van der Waals surface area contributed by atoms with Crippen molar-refractivity contribution < 1.29 is 14.6 Å². The lowest BCUT2D eigenvalue weighted by atomic mass is 9.90. The second kappa shape index (κ2) is 7.82. The highest BCUT2D eigenvalue weighted by Gasteiger charge is 2.20. The Morgan fingerprint density at radius 1 is 1.26 bits per heavy atom. The maximum absolute atomic E-state index is 11.3. The second-order valence-electron chi connectivity index (χ2n) is 4.77. The van der Waals surface area contributed by atoms with E-state index in [0.29, 0.717) is 18.3 Å². The summed E-state index contributed by atoms with van der Waals surface area (Å²) in [6, 6.07) is 5.44. The zero-order chi connectivity index (χ0) is 14.3. The van der Waals surface area contributed by atoms with Gasteiger partial charge in [0.15, 0.2) is 0 Å². The maximum Gasteiger partial charge on any atom is 0.339 e. The Morgan fingerprint density at radius 3 is 2.53 bits per heavy atom. The molecule has 0 aliphatic carbocycles. The van der Waals surface area contributed by atoms with Crippen LogP contribution in [0.15, 0.2) is 18.2 Å². The number of aromatic carboxylic acids is 1. The van der Waals surface area contributed by atoms with Crippen molar-refractivity contribution in [1.29, 1.82) is 0 Å². The van der Waals surface area contributed by atoms with Crippen molar-refractivity contribution in [1.82, 2.24) is 0 Å². The molecule has 1 atom stereocenters. The van der Waals surface area contributed by atoms with Gasteiger partial charge in [-0.15, -0.1) is 0 Å². The molecule has 1 aromatic rings. The fourth-order valence-electron chi connectivity index (χ4n) is 2.34. The van der Waals surface area contributed by atoms with Crippen LogP contribution in [0.2, 0.25) is 0 Å². The molecule has 0 aromatic heterocycles. The van der Waals surface area contributed by atoms with Crippen molar-refractivity contribution in [2.75, 3.05) is 6.61 Å². The first-order chi connectivity index (χ1) is 9.15. The lowest BCUT2D eigenvalue weighted by Gasteiger charge is -2.20. The van der Waals surface area contributed by atoms with Crippen LogP contribution in [0.25, 0.3) is 0 Å². The molecule has 0 heterocycles. The lowest BCUT2D eigenvalue weighted by Crippen LogP contribution is -2.09. The van der Waals surface area contributed by atoms with E-state index in [4.69, 9.17) is 4.74 Å². The highest BCUT2D eigenvalue weighted by atomic mass is 16.5. The van der Waals surface area contributed by atoms with Gasteiger partial charge in [0, 0.05) is 0 Å². The molecule has 0 aliphatic rings. The van der Waals surface area contributed by atoms with Gasteiger partial charge in [-0.2, -0.15) is 0 Å². The van der Waals surface area contributed by atoms with Crippen LogP contribution in [-0.4, -0.2) is 17.7 Å². The van der Waals surface area contributed by atoms with Gasteiger partial charge in [-0.05, 0) is 36.8 Å². The highest BCUT2D eigenvalue weighted by molar-refractivity contribution is 5.91. The maximum atomic E-state index is 11.3. The van der Waals surface area contributed by atoms with E-state index in [-0.39, 0.29) is 5.56 Å². The number of benzene rings is 1. The van der Waals surface area contributed by atoms with Crippen LogP contribution in [0.5, 0.6) is 5.75 Å². The standard InChI is InChI=1S/C16H24O3/c1-4-8-12(6-3)13-9-7-10-14(16(17)18)15(13)19-11-5-2/h7,9-10,12H,4-6,8,11H2,1-3H3,(H,17,18). The summed E-state index contributed by atoms with van der Waals surface area (Å²) < 4.78 is 5.73. The number of para-hydroxylation sites is 1. The van der Waals surface area contributed by atoms with Crippen LogP contribution < -0.4 is 4.74 Å². The zero-order valence-corrected chi connectivity index (χ0v) is 12.1. The van der Waals surface area contributed by atoms with E-state index in [1.807, 2.05) is 19.1 Å². The third-order valence-corrected chi connectivity index (χ3v) is 3.30. The van der Waals surface area contributed by atoms with Gasteiger partial charge in [-0.25, -0.2) is 4.79 Å². The monoisotopic (exact) mass is 264 g/mol. The molecular formula is C16H24O3. The molecule has 0 amide bonds. The molecule has 0 saturated heterocycles. The van der Waals surface area contributed by atoms with Crippen molar-refractivity contribution in [2.24, 2.45) is 0 Å². The quantitative estimate of drug-likeness (QED) is 0.753. The first kappa shape index (κ1) is 15.5. The van der Waals surface area contributed by atoms with E-state index < -0.39 is 5.97 Å². The average molecular weight is 264 g/mol. The van der Waals surface area contributed by atoms with E-state index in [9.17, 15) is 9.90 Å². The molecule has 1 unspecified atom stereocenters. The Labute approximate surface area is 115 Å². The van der Waals surface area contributed by atoms with Gasteiger partial charge in [0.05, 0.1) is 6.61 Å². The van der Waals surface area contributed by atoms with Gasteiger partial charge >= 0.3 is 5.97 Å². The van der Waals surface area contributed by atoms with Crippen LogP contribution in [-0.2, 0) is 0 Å². The molecule has 3 nitrogen and oxygen atoms in total. The molecule has 0 aliphatic heterocycles. The molecule has 0 radical (unpaired) electrons. The van der Waals surface area contributed by atoms with Gasteiger partial charge in [-0.3, -0.25) is 0 Å². The van der Waals surface area contributed by atoms with Gasteiger partial charge in [-0.1, -0.05) is 39.3 Å². The summed E-state index contributed by atoms with van der Waals surface area (Å²) in [5, 5.41) is 9.29. The van der Waals surface area contributed by atoms with E-state index in [2.05, 4.69) is 13.8 Å². The number of carboxylic acid groups (broad SMARTS) is 1. The van der Waals surface area contributed by atoms with Crippen molar-refractivity contribution in [3.8, 4) is 5.75 Å². The number of ether oxygens (including phenoxy) is 1. The molecule has 0 bridgehead atoms. The second-order valence-corrected chi connectivity index (χ2v) is 4.77. The third-order valence-electron chi connectivity index (χ3n) is 3.30. The van der Waals surface area contributed by atoms with Crippen LogP contribution in [0.3, 0.4) is 0 Å². The molecule has 0 saturated carbocycles. The predicted molar refractivity (Wildman–Crippen MR) is 77.1 cm³/mol. The normalized spacial score (nSPS) is 12.2. The average Bonchev–Trinajstić information content (AvgIpc) is 2.42. The van der Waals surface area contributed by atoms with E-state index in [0.717, 1.165) is 31.2 Å². The minimum atomic E-state index is -0.917. The van der Waals surface area contributed by atoms with E-state index in [1.165, 1.54) is 0 Å². The SMILES string of the molecule is CCCOc1c(C(=O)O)cccc1C(CC)CCC. The smallest absolute Gasteiger partial charge is 0.339 e. The first-order valence-electron chi connectivity index (χ1n) is 7.14. The minimum absolute atomic E-state index is 0.278. The topological polar surface area (TPSA) is 46.5 Å². The van der Waals surface area contributed by atoms with Crippen LogP contribution in [0.4, 0.5) is 0 Å².